The molecule has 0 bridgehead atoms. The van der Waals surface area contributed by atoms with E-state index in [4.69, 9.17) is 4.74 Å². The highest BCUT2D eigenvalue weighted by Gasteiger charge is 2.33. The lowest BCUT2D eigenvalue weighted by Crippen LogP contribution is -2.29. The van der Waals surface area contributed by atoms with E-state index in [1.807, 2.05) is 0 Å². The molecule has 2 aromatic carbocycles. The van der Waals surface area contributed by atoms with Gasteiger partial charge in [-0.05, 0) is 42.5 Å². The number of ether oxygens (including phenoxy) is 1. The number of carbonyl (C=O) groups excluding carboxylic acids is 1. The summed E-state index contributed by atoms with van der Waals surface area (Å²) in [6, 6.07) is 13.4. The van der Waals surface area contributed by atoms with Gasteiger partial charge in [0.25, 0.3) is 5.91 Å². The van der Waals surface area contributed by atoms with Crippen molar-refractivity contribution >= 4 is 40.6 Å². The Morgan fingerprint density at radius 2 is 2.06 bits per heavy atom. The lowest BCUT2D eigenvalue weighted by Gasteiger charge is -2.15. The zero-order valence-corrected chi connectivity index (χ0v) is 17.7. The van der Waals surface area contributed by atoms with Crippen LogP contribution in [0, 0.1) is 0 Å². The predicted molar refractivity (Wildman–Crippen MR) is 121 cm³/mol. The Labute approximate surface area is 184 Å². The van der Waals surface area contributed by atoms with Crippen LogP contribution in [0.2, 0.25) is 0 Å². The molecule has 1 heterocycles. The van der Waals surface area contributed by atoms with Gasteiger partial charge < -0.3 is 14.9 Å². The Morgan fingerprint density at radius 1 is 1.29 bits per heavy atom. The maximum Gasteiger partial charge on any atom is 0.344 e. The van der Waals surface area contributed by atoms with E-state index in [2.05, 4.69) is 11.6 Å². The average molecular weight is 439 g/mol. The number of carboxylic acid groups (broad SMARTS) is 1. The van der Waals surface area contributed by atoms with Crippen LogP contribution in [-0.2, 0) is 9.59 Å². The van der Waals surface area contributed by atoms with Crippen molar-refractivity contribution in [3.63, 3.8) is 0 Å². The predicted octanol–water partition coefficient (Wildman–Crippen LogP) is 4.42. The number of thioether (sulfide) groups is 1. The second-order valence-corrected chi connectivity index (χ2v) is 7.63. The van der Waals surface area contributed by atoms with Gasteiger partial charge in [-0.1, -0.05) is 37.3 Å². The van der Waals surface area contributed by atoms with Crippen molar-refractivity contribution in [3.05, 3.63) is 71.7 Å². The average Bonchev–Trinajstić information content (AvgIpc) is 3.02. The van der Waals surface area contributed by atoms with E-state index in [-0.39, 0.29) is 18.2 Å². The number of aromatic hydroxyl groups is 1. The second-order valence-electron chi connectivity index (χ2n) is 6.62. The molecule has 0 aliphatic carbocycles. The van der Waals surface area contributed by atoms with Gasteiger partial charge in [-0.15, -0.1) is 6.58 Å². The van der Waals surface area contributed by atoms with E-state index in [0.29, 0.717) is 33.5 Å². The van der Waals surface area contributed by atoms with Crippen LogP contribution in [0.3, 0.4) is 0 Å². The first kappa shape index (κ1) is 22.2. The van der Waals surface area contributed by atoms with Crippen molar-refractivity contribution in [2.24, 2.45) is 4.99 Å². The van der Waals surface area contributed by atoms with E-state index in [0.717, 1.165) is 0 Å². The van der Waals surface area contributed by atoms with Crippen molar-refractivity contribution in [2.45, 2.75) is 19.4 Å². The largest absolute Gasteiger partial charge is 0.508 e. The summed E-state index contributed by atoms with van der Waals surface area (Å²) in [5.74, 6) is -0.832. The minimum atomic E-state index is -1.05. The Morgan fingerprint density at radius 3 is 2.74 bits per heavy atom. The van der Waals surface area contributed by atoms with Crippen LogP contribution in [0.1, 0.15) is 18.9 Å². The number of carboxylic acids is 1. The fourth-order valence-electron chi connectivity index (χ4n) is 2.86. The van der Waals surface area contributed by atoms with Gasteiger partial charge in [0, 0.05) is 18.2 Å². The van der Waals surface area contributed by atoms with Gasteiger partial charge in [-0.2, -0.15) is 0 Å². The molecule has 1 aliphatic heterocycles. The number of aliphatic imine (C=N–C) groups is 1. The summed E-state index contributed by atoms with van der Waals surface area (Å²) in [6.45, 7) is 5.71. The summed E-state index contributed by atoms with van der Waals surface area (Å²) in [7, 11) is 0. The zero-order chi connectivity index (χ0) is 22.4. The summed E-state index contributed by atoms with van der Waals surface area (Å²) in [5, 5.41) is 19.4. The number of hydrogen-bond acceptors (Lipinski definition) is 6. The van der Waals surface area contributed by atoms with Crippen molar-refractivity contribution in [3.8, 4) is 11.5 Å². The highest BCUT2D eigenvalue weighted by atomic mass is 32.2. The molecule has 0 spiro atoms. The molecule has 1 saturated heterocycles. The number of carbonyl (C=O) groups is 2. The molecular formula is C23H22N2O5S. The van der Waals surface area contributed by atoms with Gasteiger partial charge in [0.15, 0.2) is 11.3 Å². The number of hydrogen-bond donors (Lipinski definition) is 2. The number of para-hydroxylation sites is 1. The summed E-state index contributed by atoms with van der Waals surface area (Å²) >= 11 is 1.19. The monoisotopic (exact) mass is 438 g/mol. The molecule has 1 fully saturated rings. The van der Waals surface area contributed by atoms with E-state index in [9.17, 15) is 19.8 Å². The molecule has 0 radical (unpaired) electrons. The van der Waals surface area contributed by atoms with Crippen LogP contribution in [-0.4, -0.2) is 44.8 Å². The third-order valence-corrected chi connectivity index (χ3v) is 5.38. The van der Waals surface area contributed by atoms with Gasteiger partial charge in [0.1, 0.15) is 11.5 Å². The molecule has 8 heteroatoms. The van der Waals surface area contributed by atoms with Crippen LogP contribution in [0.25, 0.3) is 6.08 Å². The van der Waals surface area contributed by atoms with Crippen LogP contribution in [0.5, 0.6) is 11.5 Å². The number of rotatable bonds is 8. The third kappa shape index (κ3) is 5.35. The first-order valence-electron chi connectivity index (χ1n) is 9.61. The number of aliphatic carboxylic acids is 1. The van der Waals surface area contributed by atoms with Crippen LogP contribution in [0.4, 0.5) is 5.69 Å². The SMILES string of the molecule is C=CCN1C(=O)/C(=C/c2ccccc2OC(CC)C(=O)O)SC1=Nc1cccc(O)c1. The maximum absolute atomic E-state index is 13.0. The fraction of sp³-hybridized carbons (Fsp3) is 0.174. The Bertz CT molecular complexity index is 1060. The standard InChI is InChI=1S/C23H22N2O5S/c1-3-12-25-21(27)20(31-23(25)24-16-9-7-10-17(26)14-16)13-15-8-5-6-11-19(15)30-18(4-2)22(28)29/h3,5-11,13-14,18,26H,1,4,12H2,2H3,(H,28,29)/b20-13-,24-23?. The molecule has 2 N–H and O–H groups in total. The third-order valence-electron chi connectivity index (χ3n) is 4.38. The molecule has 0 aromatic heterocycles. The lowest BCUT2D eigenvalue weighted by molar-refractivity contribution is -0.145. The van der Waals surface area contributed by atoms with Crippen LogP contribution in [0.15, 0.2) is 71.1 Å². The number of nitrogens with zero attached hydrogens (tertiary/aromatic N) is 2. The fourth-order valence-corrected chi connectivity index (χ4v) is 3.86. The Balaban J connectivity index is 1.95. The smallest absolute Gasteiger partial charge is 0.344 e. The molecule has 2 aromatic rings. The molecule has 7 nitrogen and oxygen atoms in total. The normalized spacial score (nSPS) is 17.2. The highest BCUT2D eigenvalue weighted by Crippen LogP contribution is 2.36. The minimum absolute atomic E-state index is 0.0807. The maximum atomic E-state index is 13.0. The zero-order valence-electron chi connectivity index (χ0n) is 16.9. The van der Waals surface area contributed by atoms with Gasteiger partial charge >= 0.3 is 5.97 Å². The molecule has 1 aliphatic rings. The first-order chi connectivity index (χ1) is 14.9. The van der Waals surface area contributed by atoms with E-state index >= 15 is 0 Å². The Hall–Kier alpha value is -3.52. The number of amides is 1. The molecule has 160 valence electrons. The van der Waals surface area contributed by atoms with Crippen LogP contribution >= 0.6 is 11.8 Å². The van der Waals surface area contributed by atoms with E-state index < -0.39 is 12.1 Å². The van der Waals surface area contributed by atoms with Gasteiger partial charge in [-0.25, -0.2) is 9.79 Å². The topological polar surface area (TPSA) is 99.4 Å². The quantitative estimate of drug-likeness (QED) is 0.467. The van der Waals surface area contributed by atoms with Crippen molar-refractivity contribution < 1.29 is 24.5 Å². The number of phenolic OH excluding ortho intramolecular Hbond substituents is 1. The molecule has 1 amide bonds. The number of benzene rings is 2. The molecule has 31 heavy (non-hydrogen) atoms. The molecule has 0 saturated carbocycles. The summed E-state index contributed by atoms with van der Waals surface area (Å²) < 4.78 is 5.66. The number of amidine groups is 1. The van der Waals surface area contributed by atoms with Crippen molar-refractivity contribution in [2.75, 3.05) is 6.54 Å². The summed E-state index contributed by atoms with van der Waals surface area (Å²) in [5.41, 5.74) is 1.11. The second kappa shape index (κ2) is 9.99. The molecular weight excluding hydrogens is 416 g/mol. The van der Waals surface area contributed by atoms with Crippen molar-refractivity contribution in [1.29, 1.82) is 0 Å². The molecule has 1 unspecified atom stereocenters. The molecule has 1 atom stereocenters. The highest BCUT2D eigenvalue weighted by molar-refractivity contribution is 8.18. The van der Waals surface area contributed by atoms with Crippen LogP contribution < -0.4 is 4.74 Å². The summed E-state index contributed by atoms with van der Waals surface area (Å²) in [4.78, 5) is 30.7. The van der Waals surface area contributed by atoms with E-state index in [1.54, 1.807) is 61.5 Å². The van der Waals surface area contributed by atoms with Gasteiger partial charge in [0.05, 0.1) is 10.6 Å². The van der Waals surface area contributed by atoms with Crippen molar-refractivity contribution in [1.82, 2.24) is 4.90 Å². The molecule has 3 rings (SSSR count). The first-order valence-corrected chi connectivity index (χ1v) is 10.4. The Kier molecular flexibility index (Phi) is 7.15. The summed E-state index contributed by atoms with van der Waals surface area (Å²) in [6.07, 6.45) is 2.60. The van der Waals surface area contributed by atoms with Gasteiger partial charge in [-0.3, -0.25) is 9.69 Å². The number of phenols is 1. The lowest BCUT2D eigenvalue weighted by atomic mass is 10.1. The minimum Gasteiger partial charge on any atom is -0.508 e. The van der Waals surface area contributed by atoms with Gasteiger partial charge in [0.2, 0.25) is 0 Å². The van der Waals surface area contributed by atoms with E-state index in [1.165, 1.54) is 22.7 Å².